The molecule has 5 nitrogen and oxygen atoms in total. The number of hydrogen-bond acceptors (Lipinski definition) is 5. The number of nitrogens with one attached hydrogen (secondary N) is 1. The molecule has 20 heavy (non-hydrogen) atoms. The fraction of sp³-hybridized carbons (Fsp3) is 0.867. The third-order valence-electron chi connectivity index (χ3n) is 3.94. The zero-order valence-electron chi connectivity index (χ0n) is 13.9. The highest BCUT2D eigenvalue weighted by molar-refractivity contribution is 5.00. The maximum absolute atomic E-state index is 5.51. The van der Waals surface area contributed by atoms with Crippen LogP contribution in [0, 0.1) is 5.41 Å². The minimum atomic E-state index is -0.475. The molecular weight excluding hydrogens is 254 g/mol. The predicted octanol–water partition coefficient (Wildman–Crippen LogP) is 2.91. The molecule has 0 amide bonds. The van der Waals surface area contributed by atoms with E-state index in [1.807, 2.05) is 6.92 Å². The van der Waals surface area contributed by atoms with Crippen molar-refractivity contribution < 1.29 is 9.26 Å². The highest BCUT2D eigenvalue weighted by atomic mass is 16.5. The molecule has 0 aromatic carbocycles. The molecule has 0 saturated heterocycles. The molecular formula is C15H29N3O2. The molecule has 1 heterocycles. The molecule has 1 aromatic heterocycles. The first-order chi connectivity index (χ1) is 9.26. The summed E-state index contributed by atoms with van der Waals surface area (Å²) in [5.74, 6) is 1.29. The summed E-state index contributed by atoms with van der Waals surface area (Å²) in [6.45, 7) is 13.7. The number of aromatic nitrogens is 2. The van der Waals surface area contributed by atoms with E-state index < -0.39 is 5.60 Å². The molecule has 5 heteroatoms. The number of hydrogen-bond donors (Lipinski definition) is 1. The highest BCUT2D eigenvalue weighted by Gasteiger charge is 2.31. The summed E-state index contributed by atoms with van der Waals surface area (Å²) in [4.78, 5) is 4.52. The van der Waals surface area contributed by atoms with E-state index in [1.165, 1.54) is 0 Å². The Labute approximate surface area is 122 Å². The first kappa shape index (κ1) is 17.1. The number of ether oxygens (including phenoxy) is 1. The Morgan fingerprint density at radius 2 is 1.90 bits per heavy atom. The van der Waals surface area contributed by atoms with Crippen molar-refractivity contribution in [1.29, 1.82) is 0 Å². The van der Waals surface area contributed by atoms with Gasteiger partial charge in [-0.3, -0.25) is 0 Å². The van der Waals surface area contributed by atoms with Crippen LogP contribution in [-0.4, -0.2) is 29.8 Å². The van der Waals surface area contributed by atoms with Crippen LogP contribution in [-0.2, 0) is 16.8 Å². The van der Waals surface area contributed by atoms with Crippen LogP contribution in [0.3, 0.4) is 0 Å². The average Bonchev–Trinajstić information content (AvgIpc) is 2.85. The standard InChI is InChI=1S/C15H29N3O2/c1-8-15(6,19-7)13-17-12(20-18-13)10-11(16-9-2)14(3,4)5/h11,16H,8-10H2,1-7H3. The van der Waals surface area contributed by atoms with Gasteiger partial charge in [-0.15, -0.1) is 0 Å². The van der Waals surface area contributed by atoms with Gasteiger partial charge in [0.1, 0.15) is 5.60 Å². The van der Waals surface area contributed by atoms with E-state index in [0.29, 0.717) is 17.8 Å². The van der Waals surface area contributed by atoms with Gasteiger partial charge in [-0.2, -0.15) is 4.98 Å². The molecule has 0 aliphatic heterocycles. The van der Waals surface area contributed by atoms with Crippen LogP contribution in [0.2, 0.25) is 0 Å². The average molecular weight is 283 g/mol. The van der Waals surface area contributed by atoms with E-state index in [4.69, 9.17) is 9.26 Å². The second kappa shape index (κ2) is 6.68. The van der Waals surface area contributed by atoms with Crippen molar-refractivity contribution in [3.63, 3.8) is 0 Å². The summed E-state index contributed by atoms with van der Waals surface area (Å²) in [5, 5.41) is 7.57. The normalized spacial score (nSPS) is 16.9. The van der Waals surface area contributed by atoms with Crippen molar-refractivity contribution in [3.05, 3.63) is 11.7 Å². The minimum Gasteiger partial charge on any atom is -0.370 e. The third kappa shape index (κ3) is 4.03. The lowest BCUT2D eigenvalue weighted by Crippen LogP contribution is -2.42. The van der Waals surface area contributed by atoms with Crippen LogP contribution in [0.5, 0.6) is 0 Å². The lowest BCUT2D eigenvalue weighted by Gasteiger charge is -2.30. The second-order valence-corrected chi connectivity index (χ2v) is 6.48. The van der Waals surface area contributed by atoms with Crippen molar-refractivity contribution in [1.82, 2.24) is 15.5 Å². The van der Waals surface area contributed by atoms with E-state index in [0.717, 1.165) is 19.4 Å². The number of rotatable bonds is 7. The minimum absolute atomic E-state index is 0.139. The van der Waals surface area contributed by atoms with Gasteiger partial charge >= 0.3 is 0 Å². The number of likely N-dealkylation sites (N-methyl/N-ethyl adjacent to an activating group) is 1. The van der Waals surface area contributed by atoms with Gasteiger partial charge in [-0.05, 0) is 25.3 Å². The van der Waals surface area contributed by atoms with Gasteiger partial charge in [0.05, 0.1) is 0 Å². The molecule has 2 unspecified atom stereocenters. The van der Waals surface area contributed by atoms with Crippen molar-refractivity contribution in [2.75, 3.05) is 13.7 Å². The molecule has 1 aromatic rings. The number of methoxy groups -OCH3 is 1. The van der Waals surface area contributed by atoms with Crippen LogP contribution in [0.15, 0.2) is 4.52 Å². The van der Waals surface area contributed by atoms with Crippen molar-refractivity contribution >= 4 is 0 Å². The predicted molar refractivity (Wildman–Crippen MR) is 79.6 cm³/mol. The van der Waals surface area contributed by atoms with Crippen molar-refractivity contribution in [2.24, 2.45) is 5.41 Å². The Balaban J connectivity index is 2.86. The van der Waals surface area contributed by atoms with Gasteiger partial charge in [0.15, 0.2) is 0 Å². The fourth-order valence-electron chi connectivity index (χ4n) is 2.05. The number of nitrogens with zero attached hydrogens (tertiary/aromatic N) is 2. The zero-order chi connectivity index (χ0) is 15.4. The van der Waals surface area contributed by atoms with Crippen LogP contribution in [0.1, 0.15) is 59.7 Å². The summed E-state index contributed by atoms with van der Waals surface area (Å²) in [7, 11) is 1.68. The molecule has 0 aliphatic carbocycles. The first-order valence-corrected chi connectivity index (χ1v) is 7.38. The fourth-order valence-corrected chi connectivity index (χ4v) is 2.05. The summed E-state index contributed by atoms with van der Waals surface area (Å²) in [6, 6.07) is 0.302. The van der Waals surface area contributed by atoms with Crippen LogP contribution >= 0.6 is 0 Å². The Kier molecular flexibility index (Phi) is 5.71. The summed E-state index contributed by atoms with van der Waals surface area (Å²) in [6.07, 6.45) is 1.53. The monoisotopic (exact) mass is 283 g/mol. The maximum atomic E-state index is 5.51. The van der Waals surface area contributed by atoms with Gasteiger partial charge in [-0.1, -0.05) is 39.8 Å². The van der Waals surface area contributed by atoms with Gasteiger partial charge in [0.25, 0.3) is 0 Å². The molecule has 0 bridgehead atoms. The van der Waals surface area contributed by atoms with E-state index in [-0.39, 0.29) is 5.41 Å². The molecule has 2 atom stereocenters. The summed E-state index contributed by atoms with van der Waals surface area (Å²) in [5.41, 5.74) is -0.336. The van der Waals surface area contributed by atoms with Crippen molar-refractivity contribution in [2.45, 2.75) is 66.0 Å². The van der Waals surface area contributed by atoms with Gasteiger partial charge < -0.3 is 14.6 Å². The molecule has 1 rings (SSSR count). The molecule has 116 valence electrons. The Morgan fingerprint density at radius 1 is 1.25 bits per heavy atom. The SMILES string of the molecule is CCNC(Cc1nc(C(C)(CC)OC)no1)C(C)(C)C. The smallest absolute Gasteiger partial charge is 0.228 e. The molecule has 0 fully saturated rings. The van der Waals surface area contributed by atoms with Gasteiger partial charge in [0.2, 0.25) is 11.7 Å². The lowest BCUT2D eigenvalue weighted by atomic mass is 9.84. The quantitative estimate of drug-likeness (QED) is 0.833. The summed E-state index contributed by atoms with van der Waals surface area (Å²) < 4.78 is 10.9. The largest absolute Gasteiger partial charge is 0.370 e. The highest BCUT2D eigenvalue weighted by Crippen LogP contribution is 2.27. The van der Waals surface area contributed by atoms with Gasteiger partial charge in [-0.25, -0.2) is 0 Å². The molecule has 0 radical (unpaired) electrons. The van der Waals surface area contributed by atoms with Gasteiger partial charge in [0, 0.05) is 19.6 Å². The second-order valence-electron chi connectivity index (χ2n) is 6.48. The van der Waals surface area contributed by atoms with E-state index in [1.54, 1.807) is 7.11 Å². The first-order valence-electron chi connectivity index (χ1n) is 7.38. The van der Waals surface area contributed by atoms with Crippen LogP contribution in [0.25, 0.3) is 0 Å². The summed E-state index contributed by atoms with van der Waals surface area (Å²) >= 11 is 0. The Bertz CT molecular complexity index is 405. The van der Waals surface area contributed by atoms with Crippen LogP contribution in [0.4, 0.5) is 0 Å². The molecule has 0 saturated carbocycles. The molecule has 1 N–H and O–H groups in total. The Hall–Kier alpha value is -0.940. The van der Waals surface area contributed by atoms with E-state index in [9.17, 15) is 0 Å². The lowest BCUT2D eigenvalue weighted by molar-refractivity contribution is -0.0106. The van der Waals surface area contributed by atoms with Crippen molar-refractivity contribution in [3.8, 4) is 0 Å². The van der Waals surface area contributed by atoms with Crippen LogP contribution < -0.4 is 5.32 Å². The maximum Gasteiger partial charge on any atom is 0.228 e. The van der Waals surface area contributed by atoms with E-state index >= 15 is 0 Å². The zero-order valence-corrected chi connectivity index (χ0v) is 13.9. The topological polar surface area (TPSA) is 60.2 Å². The van der Waals surface area contributed by atoms with E-state index in [2.05, 4.69) is 50.1 Å². The molecule has 0 aliphatic rings. The third-order valence-corrected chi connectivity index (χ3v) is 3.94. The Morgan fingerprint density at radius 3 is 2.35 bits per heavy atom. The molecule has 0 spiro atoms.